The number of hydrogen-bond acceptors (Lipinski definition) is 2. The molecule has 1 atom stereocenters. The van der Waals surface area contributed by atoms with Gasteiger partial charge in [-0.05, 0) is 31.6 Å². The number of carbonyl (C=O) groups is 2. The molecule has 96 valence electrons. The highest BCUT2D eigenvalue weighted by molar-refractivity contribution is 5.91. The van der Waals surface area contributed by atoms with E-state index in [4.69, 9.17) is 0 Å². The zero-order chi connectivity index (χ0) is 12.3. The lowest BCUT2D eigenvalue weighted by molar-refractivity contribution is -0.123. The van der Waals surface area contributed by atoms with Crippen molar-refractivity contribution in [3.63, 3.8) is 0 Å². The van der Waals surface area contributed by atoms with Crippen molar-refractivity contribution in [3.8, 4) is 0 Å². The molecule has 0 unspecified atom stereocenters. The number of hydrogen-bond donors (Lipinski definition) is 2. The molecular weight excluding hydrogens is 216 g/mol. The molecule has 0 aromatic heterocycles. The molecule has 0 spiro atoms. The fraction of sp³-hybridized carbons (Fsp3) is 0.846. The number of Topliss-reactive ketones (excluding diaryl/α,β-unsaturated/α-hetero) is 1. The van der Waals surface area contributed by atoms with Crippen molar-refractivity contribution in [1.29, 1.82) is 0 Å². The third-order valence-electron chi connectivity index (χ3n) is 3.92. The summed E-state index contributed by atoms with van der Waals surface area (Å²) in [6.07, 6.45) is 7.82. The van der Waals surface area contributed by atoms with Gasteiger partial charge in [0.1, 0.15) is 0 Å². The molecule has 17 heavy (non-hydrogen) atoms. The van der Waals surface area contributed by atoms with Gasteiger partial charge < -0.3 is 10.6 Å². The Morgan fingerprint density at radius 2 is 1.71 bits per heavy atom. The molecule has 4 heteroatoms. The van der Waals surface area contributed by atoms with E-state index in [-0.39, 0.29) is 23.8 Å². The maximum atomic E-state index is 12.2. The Morgan fingerprint density at radius 3 is 2.24 bits per heavy atom. The molecule has 2 rings (SSSR count). The molecule has 4 nitrogen and oxygen atoms in total. The molecule has 2 fully saturated rings. The maximum absolute atomic E-state index is 12.2. The average Bonchev–Trinajstić information content (AvgIpc) is 3.20. The SMILES string of the molecule is CNC(=O)N[C@H](C(=O)C1CC1)C1CCCCC1. The van der Waals surface area contributed by atoms with E-state index in [9.17, 15) is 9.59 Å². The molecule has 0 heterocycles. The van der Waals surface area contributed by atoms with E-state index in [1.807, 2.05) is 0 Å². The molecule has 2 aliphatic rings. The molecule has 0 radical (unpaired) electrons. The lowest BCUT2D eigenvalue weighted by Crippen LogP contribution is -2.50. The van der Waals surface area contributed by atoms with Crippen LogP contribution in [0.5, 0.6) is 0 Å². The van der Waals surface area contributed by atoms with Gasteiger partial charge in [-0.25, -0.2) is 4.79 Å². The molecule has 2 amide bonds. The maximum Gasteiger partial charge on any atom is 0.315 e. The third kappa shape index (κ3) is 3.20. The number of rotatable bonds is 4. The van der Waals surface area contributed by atoms with Crippen LogP contribution in [0.1, 0.15) is 44.9 Å². The zero-order valence-corrected chi connectivity index (χ0v) is 10.5. The van der Waals surface area contributed by atoms with Crippen LogP contribution in [-0.2, 0) is 4.79 Å². The molecule has 0 bridgehead atoms. The van der Waals surface area contributed by atoms with E-state index >= 15 is 0 Å². The van der Waals surface area contributed by atoms with Crippen molar-refractivity contribution in [1.82, 2.24) is 10.6 Å². The fourth-order valence-corrected chi connectivity index (χ4v) is 2.72. The van der Waals surface area contributed by atoms with E-state index in [1.165, 1.54) is 19.3 Å². The Kier molecular flexibility index (Phi) is 4.02. The first kappa shape index (κ1) is 12.4. The second kappa shape index (κ2) is 5.52. The molecule has 0 aliphatic heterocycles. The quantitative estimate of drug-likeness (QED) is 0.785. The zero-order valence-electron chi connectivity index (χ0n) is 10.5. The summed E-state index contributed by atoms with van der Waals surface area (Å²) in [5, 5.41) is 5.40. The summed E-state index contributed by atoms with van der Waals surface area (Å²) in [4.78, 5) is 23.7. The highest BCUT2D eigenvalue weighted by Crippen LogP contribution is 2.35. The Hall–Kier alpha value is -1.06. The van der Waals surface area contributed by atoms with Crippen molar-refractivity contribution >= 4 is 11.8 Å². The minimum atomic E-state index is -0.247. The summed E-state index contributed by atoms with van der Waals surface area (Å²) < 4.78 is 0. The Morgan fingerprint density at radius 1 is 1.06 bits per heavy atom. The van der Waals surface area contributed by atoms with Crippen molar-refractivity contribution in [2.75, 3.05) is 7.05 Å². The summed E-state index contributed by atoms with van der Waals surface area (Å²) in [7, 11) is 1.59. The first-order chi connectivity index (χ1) is 8.22. The van der Waals surface area contributed by atoms with Gasteiger partial charge >= 0.3 is 6.03 Å². The summed E-state index contributed by atoms with van der Waals surface area (Å²) in [6, 6.07) is -0.475. The van der Waals surface area contributed by atoms with E-state index < -0.39 is 0 Å². The summed E-state index contributed by atoms with van der Waals surface area (Å²) >= 11 is 0. The van der Waals surface area contributed by atoms with Crippen molar-refractivity contribution < 1.29 is 9.59 Å². The lowest BCUT2D eigenvalue weighted by Gasteiger charge is -2.29. The molecule has 2 saturated carbocycles. The number of carbonyl (C=O) groups excluding carboxylic acids is 2. The second-order valence-corrected chi connectivity index (χ2v) is 5.28. The van der Waals surface area contributed by atoms with Gasteiger partial charge in [-0.2, -0.15) is 0 Å². The van der Waals surface area contributed by atoms with Gasteiger partial charge in [0.15, 0.2) is 5.78 Å². The number of urea groups is 1. The standard InChI is InChI=1S/C13H22N2O2/c1-14-13(17)15-11(12(16)10-7-8-10)9-5-3-2-4-6-9/h9-11H,2-8H2,1H3,(H2,14,15,17)/t11-/m0/s1. The first-order valence-electron chi connectivity index (χ1n) is 6.74. The van der Waals surface area contributed by atoms with Crippen molar-refractivity contribution in [2.45, 2.75) is 51.0 Å². The van der Waals surface area contributed by atoms with Crippen LogP contribution in [-0.4, -0.2) is 24.9 Å². The van der Waals surface area contributed by atoms with Gasteiger partial charge in [0, 0.05) is 13.0 Å². The highest BCUT2D eigenvalue weighted by Gasteiger charge is 2.39. The van der Waals surface area contributed by atoms with Gasteiger partial charge in [0.25, 0.3) is 0 Å². The van der Waals surface area contributed by atoms with Crippen LogP contribution in [0, 0.1) is 11.8 Å². The molecule has 0 saturated heterocycles. The predicted molar refractivity (Wildman–Crippen MR) is 65.7 cm³/mol. The van der Waals surface area contributed by atoms with E-state index in [0.29, 0.717) is 5.92 Å². The Labute approximate surface area is 103 Å². The Bertz CT molecular complexity index is 294. The summed E-state index contributed by atoms with van der Waals surface area (Å²) in [6.45, 7) is 0. The minimum absolute atomic E-state index is 0.221. The van der Waals surface area contributed by atoms with E-state index in [2.05, 4.69) is 10.6 Å². The first-order valence-corrected chi connectivity index (χ1v) is 6.74. The van der Waals surface area contributed by atoms with Crippen LogP contribution < -0.4 is 10.6 Å². The van der Waals surface area contributed by atoms with Crippen LogP contribution >= 0.6 is 0 Å². The topological polar surface area (TPSA) is 58.2 Å². The van der Waals surface area contributed by atoms with Crippen LogP contribution in [0.25, 0.3) is 0 Å². The molecule has 2 aliphatic carbocycles. The predicted octanol–water partition coefficient (Wildman–Crippen LogP) is 1.84. The van der Waals surface area contributed by atoms with Gasteiger partial charge in [0.2, 0.25) is 0 Å². The summed E-state index contributed by atoms with van der Waals surface area (Å²) in [5.41, 5.74) is 0. The normalized spacial score (nSPS) is 22.9. The largest absolute Gasteiger partial charge is 0.341 e. The van der Waals surface area contributed by atoms with Gasteiger partial charge in [0.05, 0.1) is 6.04 Å². The molecule has 0 aromatic rings. The molecular formula is C13H22N2O2. The minimum Gasteiger partial charge on any atom is -0.341 e. The number of amides is 2. The van der Waals surface area contributed by atoms with Crippen LogP contribution in [0.3, 0.4) is 0 Å². The average molecular weight is 238 g/mol. The summed E-state index contributed by atoms with van der Waals surface area (Å²) in [5.74, 6) is 0.841. The van der Waals surface area contributed by atoms with Crippen LogP contribution in [0.2, 0.25) is 0 Å². The second-order valence-electron chi connectivity index (χ2n) is 5.28. The van der Waals surface area contributed by atoms with E-state index in [1.54, 1.807) is 7.05 Å². The van der Waals surface area contributed by atoms with Crippen LogP contribution in [0.4, 0.5) is 4.79 Å². The number of nitrogens with one attached hydrogen (secondary N) is 2. The Balaban J connectivity index is 1.99. The molecule has 2 N–H and O–H groups in total. The van der Waals surface area contributed by atoms with E-state index in [0.717, 1.165) is 25.7 Å². The highest BCUT2D eigenvalue weighted by atomic mass is 16.2. The fourth-order valence-electron chi connectivity index (χ4n) is 2.72. The lowest BCUT2D eigenvalue weighted by atomic mass is 9.81. The smallest absolute Gasteiger partial charge is 0.315 e. The van der Waals surface area contributed by atoms with Crippen LogP contribution in [0.15, 0.2) is 0 Å². The van der Waals surface area contributed by atoms with Crippen molar-refractivity contribution in [3.05, 3.63) is 0 Å². The third-order valence-corrected chi connectivity index (χ3v) is 3.92. The van der Waals surface area contributed by atoms with Gasteiger partial charge in [-0.1, -0.05) is 19.3 Å². The number of ketones is 1. The van der Waals surface area contributed by atoms with Gasteiger partial charge in [-0.3, -0.25) is 4.79 Å². The monoisotopic (exact) mass is 238 g/mol. The molecule has 0 aromatic carbocycles. The van der Waals surface area contributed by atoms with Gasteiger partial charge in [-0.15, -0.1) is 0 Å². The van der Waals surface area contributed by atoms with Crippen molar-refractivity contribution in [2.24, 2.45) is 11.8 Å².